The summed E-state index contributed by atoms with van der Waals surface area (Å²) in [7, 11) is 0. The fourth-order valence-electron chi connectivity index (χ4n) is 3.22. The van der Waals surface area contributed by atoms with Crippen LogP contribution in [0.1, 0.15) is 24.8 Å². The number of anilines is 1. The Kier molecular flexibility index (Phi) is 5.54. The van der Waals surface area contributed by atoms with Gasteiger partial charge in [-0.1, -0.05) is 36.4 Å². The molecule has 0 radical (unpaired) electrons. The summed E-state index contributed by atoms with van der Waals surface area (Å²) in [6.45, 7) is 4.25. The zero-order valence-electron chi connectivity index (χ0n) is 13.7. The molecule has 1 aliphatic heterocycles. The zero-order valence-corrected chi connectivity index (χ0v) is 13.7. The van der Waals surface area contributed by atoms with Crippen LogP contribution in [0, 0.1) is 5.92 Å². The van der Waals surface area contributed by atoms with E-state index in [0.29, 0.717) is 0 Å². The predicted octanol–water partition coefficient (Wildman–Crippen LogP) is 3.95. The van der Waals surface area contributed by atoms with Crippen molar-refractivity contribution in [2.45, 2.75) is 25.8 Å². The van der Waals surface area contributed by atoms with Crippen LogP contribution in [-0.4, -0.2) is 24.6 Å². The molecule has 2 aromatic carbocycles. The van der Waals surface area contributed by atoms with Gasteiger partial charge in [-0.05, 0) is 56.0 Å². The average Bonchev–Trinajstić information content (AvgIpc) is 2.58. The number of benzene rings is 2. The van der Waals surface area contributed by atoms with Gasteiger partial charge in [0.05, 0.1) is 6.61 Å². The molecular formula is C20H26N2O. The lowest BCUT2D eigenvalue weighted by molar-refractivity contribution is 0.157. The quantitative estimate of drug-likeness (QED) is 0.821. The van der Waals surface area contributed by atoms with E-state index in [0.717, 1.165) is 36.9 Å². The summed E-state index contributed by atoms with van der Waals surface area (Å²) in [5.74, 6) is 1.66. The van der Waals surface area contributed by atoms with Crippen molar-refractivity contribution in [3.8, 4) is 5.75 Å². The van der Waals surface area contributed by atoms with Crippen molar-refractivity contribution >= 4 is 5.69 Å². The Hall–Kier alpha value is -2.00. The molecule has 0 saturated carbocycles. The molecule has 0 aliphatic carbocycles. The normalized spacial score (nSPS) is 16.3. The maximum atomic E-state index is 5.82. The number of nitrogens with two attached hydrogens (primary N) is 1. The second-order valence-electron chi connectivity index (χ2n) is 6.41. The van der Waals surface area contributed by atoms with Gasteiger partial charge in [-0.15, -0.1) is 0 Å². The van der Waals surface area contributed by atoms with Crippen molar-refractivity contribution in [3.63, 3.8) is 0 Å². The van der Waals surface area contributed by atoms with Gasteiger partial charge in [0.25, 0.3) is 0 Å². The van der Waals surface area contributed by atoms with Gasteiger partial charge < -0.3 is 10.5 Å². The highest BCUT2D eigenvalue weighted by Gasteiger charge is 2.19. The molecule has 2 aromatic rings. The molecule has 0 aromatic heterocycles. The van der Waals surface area contributed by atoms with E-state index < -0.39 is 0 Å². The van der Waals surface area contributed by atoms with Crippen LogP contribution in [0.25, 0.3) is 0 Å². The van der Waals surface area contributed by atoms with Crippen LogP contribution in [0.3, 0.4) is 0 Å². The van der Waals surface area contributed by atoms with Gasteiger partial charge >= 0.3 is 0 Å². The maximum absolute atomic E-state index is 5.82. The smallest absolute Gasteiger partial charge is 0.121 e. The van der Waals surface area contributed by atoms with Crippen molar-refractivity contribution in [2.24, 2.45) is 5.92 Å². The Balaban J connectivity index is 1.36. The number of ether oxygens (including phenoxy) is 1. The molecule has 0 bridgehead atoms. The highest BCUT2D eigenvalue weighted by molar-refractivity contribution is 5.43. The number of hydrogen-bond donors (Lipinski definition) is 1. The second-order valence-corrected chi connectivity index (χ2v) is 6.41. The molecule has 122 valence electrons. The fraction of sp³-hybridized carbons (Fsp3) is 0.400. The average molecular weight is 310 g/mol. The summed E-state index contributed by atoms with van der Waals surface area (Å²) in [5.41, 5.74) is 7.94. The summed E-state index contributed by atoms with van der Waals surface area (Å²) in [6.07, 6.45) is 3.67. The lowest BCUT2D eigenvalue weighted by Crippen LogP contribution is -2.33. The highest BCUT2D eigenvalue weighted by Crippen LogP contribution is 2.23. The zero-order chi connectivity index (χ0) is 15.9. The molecule has 1 saturated heterocycles. The van der Waals surface area contributed by atoms with Crippen molar-refractivity contribution in [1.29, 1.82) is 0 Å². The van der Waals surface area contributed by atoms with E-state index in [2.05, 4.69) is 35.2 Å². The van der Waals surface area contributed by atoms with Crippen LogP contribution in [0.2, 0.25) is 0 Å². The summed E-state index contributed by atoms with van der Waals surface area (Å²) in [5, 5.41) is 0. The summed E-state index contributed by atoms with van der Waals surface area (Å²) in [4.78, 5) is 2.56. The van der Waals surface area contributed by atoms with Gasteiger partial charge in [0.15, 0.2) is 0 Å². The van der Waals surface area contributed by atoms with E-state index in [4.69, 9.17) is 10.5 Å². The van der Waals surface area contributed by atoms with E-state index in [1.54, 1.807) is 0 Å². The van der Waals surface area contributed by atoms with Crippen molar-refractivity contribution < 1.29 is 4.74 Å². The fourth-order valence-corrected chi connectivity index (χ4v) is 3.22. The maximum Gasteiger partial charge on any atom is 0.121 e. The van der Waals surface area contributed by atoms with Gasteiger partial charge in [-0.3, -0.25) is 4.90 Å². The molecular weight excluding hydrogens is 284 g/mol. The Labute approximate surface area is 139 Å². The van der Waals surface area contributed by atoms with E-state index in [9.17, 15) is 0 Å². The van der Waals surface area contributed by atoms with Gasteiger partial charge in [-0.25, -0.2) is 0 Å². The van der Waals surface area contributed by atoms with Crippen molar-refractivity contribution in [2.75, 3.05) is 25.4 Å². The third-order valence-corrected chi connectivity index (χ3v) is 4.61. The lowest BCUT2D eigenvalue weighted by atomic mass is 9.93. The van der Waals surface area contributed by atoms with Crippen LogP contribution >= 0.6 is 0 Å². The molecule has 0 spiro atoms. The van der Waals surface area contributed by atoms with Crippen LogP contribution < -0.4 is 10.5 Å². The molecule has 1 heterocycles. The minimum atomic E-state index is 0.761. The molecule has 0 unspecified atom stereocenters. The number of nitrogens with zero attached hydrogens (tertiary/aromatic N) is 1. The topological polar surface area (TPSA) is 38.5 Å². The monoisotopic (exact) mass is 310 g/mol. The van der Waals surface area contributed by atoms with E-state index >= 15 is 0 Å². The summed E-state index contributed by atoms with van der Waals surface area (Å²) in [6, 6.07) is 18.4. The van der Waals surface area contributed by atoms with Gasteiger partial charge in [0.1, 0.15) is 5.75 Å². The minimum absolute atomic E-state index is 0.761. The number of piperidine rings is 1. The first-order chi connectivity index (χ1) is 11.3. The van der Waals surface area contributed by atoms with E-state index in [1.807, 2.05) is 24.3 Å². The van der Waals surface area contributed by atoms with E-state index in [1.165, 1.54) is 31.5 Å². The van der Waals surface area contributed by atoms with Crippen LogP contribution in [0.15, 0.2) is 54.6 Å². The molecule has 3 heteroatoms. The van der Waals surface area contributed by atoms with Crippen LogP contribution in [-0.2, 0) is 6.54 Å². The summed E-state index contributed by atoms with van der Waals surface area (Å²) < 4.78 is 5.82. The number of likely N-dealkylation sites (tertiary alicyclic amines) is 1. The highest BCUT2D eigenvalue weighted by atomic mass is 16.5. The SMILES string of the molecule is Nc1cccc(OCCC2CCN(Cc3ccccc3)CC2)c1. The molecule has 2 N–H and O–H groups in total. The van der Waals surface area contributed by atoms with Crippen molar-refractivity contribution in [3.05, 3.63) is 60.2 Å². The lowest BCUT2D eigenvalue weighted by Gasteiger charge is -2.32. The molecule has 1 aliphatic rings. The Bertz CT molecular complexity index is 592. The van der Waals surface area contributed by atoms with Gasteiger partial charge in [0.2, 0.25) is 0 Å². The third kappa shape index (κ3) is 5.00. The molecule has 23 heavy (non-hydrogen) atoms. The minimum Gasteiger partial charge on any atom is -0.494 e. The first-order valence-electron chi connectivity index (χ1n) is 8.54. The van der Waals surface area contributed by atoms with E-state index in [-0.39, 0.29) is 0 Å². The van der Waals surface area contributed by atoms with Gasteiger partial charge in [-0.2, -0.15) is 0 Å². The molecule has 1 fully saturated rings. The predicted molar refractivity (Wildman–Crippen MR) is 95.4 cm³/mol. The Morgan fingerprint density at radius 1 is 1.00 bits per heavy atom. The number of hydrogen-bond acceptors (Lipinski definition) is 3. The molecule has 0 atom stereocenters. The molecule has 3 nitrogen and oxygen atoms in total. The standard InChI is InChI=1S/C20H26N2O/c21-19-7-4-8-20(15-19)23-14-11-17-9-12-22(13-10-17)16-18-5-2-1-3-6-18/h1-8,15,17H,9-14,16,21H2. The Morgan fingerprint density at radius 3 is 2.52 bits per heavy atom. The third-order valence-electron chi connectivity index (χ3n) is 4.61. The molecule has 3 rings (SSSR count). The Morgan fingerprint density at radius 2 is 1.78 bits per heavy atom. The van der Waals surface area contributed by atoms with Gasteiger partial charge in [0, 0.05) is 18.3 Å². The first kappa shape index (κ1) is 15.9. The van der Waals surface area contributed by atoms with Crippen molar-refractivity contribution in [1.82, 2.24) is 4.90 Å². The molecule has 0 amide bonds. The summed E-state index contributed by atoms with van der Waals surface area (Å²) >= 11 is 0. The van der Waals surface area contributed by atoms with Crippen LogP contribution in [0.5, 0.6) is 5.75 Å². The largest absolute Gasteiger partial charge is 0.494 e. The number of rotatable bonds is 6. The second kappa shape index (κ2) is 8.02. The number of nitrogen functional groups attached to an aromatic ring is 1. The van der Waals surface area contributed by atoms with Crippen LogP contribution in [0.4, 0.5) is 5.69 Å². The first-order valence-corrected chi connectivity index (χ1v) is 8.54.